The molecule has 0 aliphatic heterocycles. The van der Waals surface area contributed by atoms with Gasteiger partial charge in [0.1, 0.15) is 11.6 Å². The Kier molecular flexibility index (Phi) is 12.6. The summed E-state index contributed by atoms with van der Waals surface area (Å²) >= 11 is 0. The van der Waals surface area contributed by atoms with Gasteiger partial charge in [-0.25, -0.2) is 4.98 Å². The molecule has 1 aliphatic carbocycles. The number of rotatable bonds is 6. The van der Waals surface area contributed by atoms with Crippen molar-refractivity contribution in [3.63, 3.8) is 0 Å². The summed E-state index contributed by atoms with van der Waals surface area (Å²) in [6.45, 7) is 31.5. The van der Waals surface area contributed by atoms with E-state index in [0.29, 0.717) is 11.4 Å². The van der Waals surface area contributed by atoms with E-state index in [0.717, 1.165) is 61.4 Å². The molecular weight excluding hydrogens is 1060 g/mol. The van der Waals surface area contributed by atoms with Crippen LogP contribution in [-0.4, -0.2) is 19.6 Å². The topological polar surface area (TPSA) is 50.9 Å². The predicted molar refractivity (Wildman–Crippen MR) is 299 cm³/mol. The number of aromatic hydroxyl groups is 1. The van der Waals surface area contributed by atoms with Crippen LogP contribution in [0.15, 0.2) is 152 Å². The van der Waals surface area contributed by atoms with Gasteiger partial charge in [0.05, 0.1) is 22.3 Å². The Balaban J connectivity index is 0.00000640. The molecule has 2 aromatic heterocycles. The summed E-state index contributed by atoms with van der Waals surface area (Å²) in [5.74, 6) is 0.940. The summed E-state index contributed by atoms with van der Waals surface area (Å²) in [5, 5.41) is 12.6. The van der Waals surface area contributed by atoms with E-state index in [2.05, 4.69) is 259 Å². The molecule has 0 fully saturated rings. The molecule has 0 atom stereocenters. The van der Waals surface area contributed by atoms with Crippen molar-refractivity contribution >= 4 is 11.0 Å². The van der Waals surface area contributed by atoms with E-state index in [1.165, 1.54) is 44.5 Å². The minimum Gasteiger partial charge on any atom is -0.507 e. The molecule has 1 aliphatic rings. The maximum absolute atomic E-state index is 12.6. The van der Waals surface area contributed by atoms with Gasteiger partial charge in [-0.3, -0.25) is 9.55 Å². The molecule has 0 saturated carbocycles. The molecule has 368 valence electrons. The van der Waals surface area contributed by atoms with E-state index in [-0.39, 0.29) is 53.9 Å². The Morgan fingerprint density at radius 2 is 1.10 bits per heavy atom. The number of aromatic nitrogens is 3. The smallest absolute Gasteiger partial charge is 0.148 e. The van der Waals surface area contributed by atoms with E-state index >= 15 is 0 Å². The Labute approximate surface area is 442 Å². The van der Waals surface area contributed by atoms with Gasteiger partial charge in [0.25, 0.3) is 0 Å². The molecule has 0 unspecified atom stereocenters. The molecule has 1 N–H and O–H groups in total. The van der Waals surface area contributed by atoms with Gasteiger partial charge >= 0.3 is 0 Å². The molecule has 0 radical (unpaired) electrons. The zero-order chi connectivity index (χ0) is 50.6. The largest absolute Gasteiger partial charge is 0.507 e. The summed E-state index contributed by atoms with van der Waals surface area (Å²) in [5.41, 5.74) is 20.3. The van der Waals surface area contributed by atoms with Crippen LogP contribution in [0.4, 0.5) is 0 Å². The monoisotopic (exact) mass is 1130 g/mol. The van der Waals surface area contributed by atoms with Gasteiger partial charge < -0.3 is 5.11 Å². The molecule has 10 rings (SSSR count). The van der Waals surface area contributed by atoms with Gasteiger partial charge in [-0.15, -0.1) is 29.3 Å². The van der Waals surface area contributed by atoms with Crippen molar-refractivity contribution in [2.75, 3.05) is 0 Å². The van der Waals surface area contributed by atoms with Gasteiger partial charge in [0.2, 0.25) is 0 Å². The number of phenols is 1. The Hall–Kier alpha value is -6.35. The first-order chi connectivity index (χ1) is 33.4. The minimum atomic E-state index is -0.334. The molecule has 5 heteroatoms. The van der Waals surface area contributed by atoms with Gasteiger partial charge in [0.15, 0.2) is 0 Å². The maximum Gasteiger partial charge on any atom is 0.148 e. The molecule has 72 heavy (non-hydrogen) atoms. The fraction of sp³-hybridized carbons (Fsp3) is 0.284. The Bertz CT molecular complexity index is 3530. The SMILES string of the molecule is CC(C)(C)c1cc(-c2cc3c(cn2)C(C)(C)c2cc(-c4ccccc4)ccc2-3)[c-]c(-c2cccc3c2nc(-c2cc(C(C)(C)C)cc(C(C)(C)C)c2O)n3-c2ccc(C(C)(C)C)cc2-c2ccccc2)c1.[Pt]. The van der Waals surface area contributed by atoms with Crippen molar-refractivity contribution in [1.29, 1.82) is 0 Å². The first-order valence-electron chi connectivity index (χ1n) is 25.3. The number of pyridine rings is 1. The number of imidazole rings is 1. The summed E-state index contributed by atoms with van der Waals surface area (Å²) < 4.78 is 2.29. The minimum absolute atomic E-state index is 0. The van der Waals surface area contributed by atoms with Crippen molar-refractivity contribution < 1.29 is 26.2 Å². The van der Waals surface area contributed by atoms with E-state index in [1.807, 2.05) is 0 Å². The van der Waals surface area contributed by atoms with Crippen LogP contribution in [-0.2, 0) is 48.1 Å². The number of benzene rings is 7. The van der Waals surface area contributed by atoms with Crippen molar-refractivity contribution in [2.45, 2.75) is 124 Å². The quantitative estimate of drug-likeness (QED) is 0.169. The molecule has 7 aromatic carbocycles. The number of para-hydroxylation sites is 1. The van der Waals surface area contributed by atoms with Crippen LogP contribution >= 0.6 is 0 Å². The second kappa shape index (κ2) is 18.0. The standard InChI is InChI=1S/C67H68N3O.Pt/c1-63(2,3)46-29-31-58(51(36-46)42-24-19-16-20-25-42)70-59-27-21-26-49(60(59)69-62(70)53-37-48(65(7,8)9)38-55(61(53)71)66(10,11)12)44-32-45(34-47(33-44)64(4,5)6)57-39-52-50-30-28-43(41-22-17-15-18-23-41)35-54(50)67(13,14)56(52)40-68-57;/h15-31,33-40,71H,1-14H3;/q-1;. The zero-order valence-electron chi connectivity index (χ0n) is 44.5. The molecule has 0 bridgehead atoms. The van der Waals surface area contributed by atoms with Crippen LogP contribution in [0.25, 0.3) is 83.9 Å². The molecule has 2 heterocycles. The number of phenolic OH excluding ortho intramolecular Hbond substituents is 1. The van der Waals surface area contributed by atoms with Crippen molar-refractivity contribution in [2.24, 2.45) is 0 Å². The summed E-state index contributed by atoms with van der Waals surface area (Å²) in [6, 6.07) is 56.7. The third-order valence-corrected chi connectivity index (χ3v) is 14.9. The number of hydrogen-bond acceptors (Lipinski definition) is 3. The maximum atomic E-state index is 12.6. The second-order valence-corrected chi connectivity index (χ2v) is 24.5. The zero-order valence-corrected chi connectivity index (χ0v) is 46.8. The fourth-order valence-corrected chi connectivity index (χ4v) is 10.5. The van der Waals surface area contributed by atoms with Gasteiger partial charge in [-0.05, 0) is 102 Å². The molecule has 4 nitrogen and oxygen atoms in total. The predicted octanol–water partition coefficient (Wildman–Crippen LogP) is 17.8. The fourth-order valence-electron chi connectivity index (χ4n) is 10.5. The van der Waals surface area contributed by atoms with E-state index in [1.54, 1.807) is 0 Å². The van der Waals surface area contributed by atoms with Crippen LogP contribution in [0.3, 0.4) is 0 Å². The van der Waals surface area contributed by atoms with Gasteiger partial charge in [-0.1, -0.05) is 211 Å². The Morgan fingerprint density at radius 3 is 1.74 bits per heavy atom. The van der Waals surface area contributed by atoms with Crippen LogP contribution in [0.1, 0.15) is 130 Å². The van der Waals surface area contributed by atoms with Crippen LogP contribution in [0.5, 0.6) is 5.75 Å². The molecule has 0 spiro atoms. The Morgan fingerprint density at radius 1 is 0.486 bits per heavy atom. The first-order valence-corrected chi connectivity index (χ1v) is 25.3. The third kappa shape index (κ3) is 9.00. The number of fused-ring (bicyclic) bond motifs is 4. The van der Waals surface area contributed by atoms with Crippen LogP contribution in [0.2, 0.25) is 0 Å². The summed E-state index contributed by atoms with van der Waals surface area (Å²) in [7, 11) is 0. The summed E-state index contributed by atoms with van der Waals surface area (Å²) in [4.78, 5) is 11.0. The first kappa shape index (κ1) is 50.6. The number of hydrogen-bond donors (Lipinski definition) is 1. The van der Waals surface area contributed by atoms with E-state index in [9.17, 15) is 5.11 Å². The van der Waals surface area contributed by atoms with E-state index < -0.39 is 0 Å². The summed E-state index contributed by atoms with van der Waals surface area (Å²) in [6.07, 6.45) is 2.10. The van der Waals surface area contributed by atoms with Gasteiger partial charge in [0, 0.05) is 49.5 Å². The van der Waals surface area contributed by atoms with Crippen LogP contribution < -0.4 is 0 Å². The molecule has 0 saturated heterocycles. The normalized spacial score (nSPS) is 13.5. The number of nitrogens with zero attached hydrogens (tertiary/aromatic N) is 3. The van der Waals surface area contributed by atoms with E-state index in [4.69, 9.17) is 9.97 Å². The molecular formula is C67H68N3OPt-. The van der Waals surface area contributed by atoms with Gasteiger partial charge in [-0.2, -0.15) is 0 Å². The average Bonchev–Trinajstić information content (AvgIpc) is 3.82. The molecule has 9 aromatic rings. The average molecular weight is 1130 g/mol. The van der Waals surface area contributed by atoms with Crippen molar-refractivity contribution in [3.8, 4) is 78.6 Å². The molecule has 0 amide bonds. The second-order valence-electron chi connectivity index (χ2n) is 24.5. The third-order valence-electron chi connectivity index (χ3n) is 14.9. The van der Waals surface area contributed by atoms with Crippen LogP contribution in [0, 0.1) is 6.07 Å². The van der Waals surface area contributed by atoms with Crippen molar-refractivity contribution in [1.82, 2.24) is 14.5 Å². The van der Waals surface area contributed by atoms with Crippen molar-refractivity contribution in [3.05, 3.63) is 191 Å².